The van der Waals surface area contributed by atoms with Crippen molar-refractivity contribution in [2.75, 3.05) is 11.6 Å². The van der Waals surface area contributed by atoms with Crippen molar-refractivity contribution < 1.29 is 13.2 Å². The van der Waals surface area contributed by atoms with Crippen LogP contribution in [0.15, 0.2) is 35.3 Å². The zero-order valence-corrected chi connectivity index (χ0v) is 15.7. The molecule has 2 N–H and O–H groups in total. The minimum atomic E-state index is -3.23. The first-order valence-electron chi connectivity index (χ1n) is 8.62. The lowest BCUT2D eigenvalue weighted by Crippen LogP contribution is -2.49. The van der Waals surface area contributed by atoms with Crippen LogP contribution in [0.25, 0.3) is 10.8 Å². The Morgan fingerprint density at radius 3 is 2.62 bits per heavy atom. The van der Waals surface area contributed by atoms with E-state index in [2.05, 4.69) is 10.6 Å². The Bertz CT molecular complexity index is 997. The predicted molar refractivity (Wildman–Crippen MR) is 102 cm³/mol. The number of carbonyl (C=O) groups excluding carboxylic acids is 1. The van der Waals surface area contributed by atoms with Gasteiger partial charge in [-0.3, -0.25) is 4.79 Å². The van der Waals surface area contributed by atoms with E-state index >= 15 is 0 Å². The van der Waals surface area contributed by atoms with Crippen LogP contribution in [0, 0.1) is 0 Å². The van der Waals surface area contributed by atoms with Crippen molar-refractivity contribution in [3.05, 3.63) is 40.8 Å². The van der Waals surface area contributed by atoms with Crippen molar-refractivity contribution in [1.29, 1.82) is 0 Å². The van der Waals surface area contributed by atoms with Crippen molar-refractivity contribution >= 4 is 32.3 Å². The molecule has 1 heterocycles. The third kappa shape index (κ3) is 3.75. The lowest BCUT2D eigenvalue weighted by atomic mass is 9.95. The number of nitrogens with zero attached hydrogens (tertiary/aromatic N) is 1. The van der Waals surface area contributed by atoms with Gasteiger partial charge in [-0.2, -0.15) is 0 Å². The molecule has 0 saturated heterocycles. The van der Waals surface area contributed by atoms with Crippen molar-refractivity contribution in [3.8, 4) is 0 Å². The predicted octanol–water partition coefficient (Wildman–Crippen LogP) is 2.02. The first-order chi connectivity index (χ1) is 12.3. The molecular formula is C18H23N3O4S. The van der Waals surface area contributed by atoms with Crippen LogP contribution >= 0.6 is 0 Å². The second kappa shape index (κ2) is 7.11. The van der Waals surface area contributed by atoms with Crippen molar-refractivity contribution in [1.82, 2.24) is 9.88 Å². The molecule has 8 heteroatoms. The lowest BCUT2D eigenvalue weighted by molar-refractivity contribution is 0.244. The van der Waals surface area contributed by atoms with E-state index in [1.165, 1.54) is 10.8 Å². The van der Waals surface area contributed by atoms with Gasteiger partial charge in [0.05, 0.1) is 10.9 Å². The van der Waals surface area contributed by atoms with E-state index in [1.54, 1.807) is 37.5 Å². The lowest BCUT2D eigenvalue weighted by Gasteiger charge is -2.30. The number of urea groups is 1. The Kier molecular flexibility index (Phi) is 5.04. The van der Waals surface area contributed by atoms with Crippen molar-refractivity contribution in [3.63, 3.8) is 0 Å². The molecule has 0 bridgehead atoms. The second-order valence-electron chi connectivity index (χ2n) is 6.86. The SMILES string of the molecule is Cn1ccc2c(NC(=O)N[C@@H]3CCCC[C@H]3S(C)(=O)=O)cccc2c1=O. The number of pyridine rings is 1. The van der Waals surface area contributed by atoms with Crippen LogP contribution in [0.2, 0.25) is 0 Å². The maximum atomic E-state index is 12.4. The summed E-state index contributed by atoms with van der Waals surface area (Å²) < 4.78 is 25.4. The van der Waals surface area contributed by atoms with Gasteiger partial charge < -0.3 is 15.2 Å². The molecule has 0 spiro atoms. The van der Waals surface area contributed by atoms with Gasteiger partial charge in [-0.15, -0.1) is 0 Å². The smallest absolute Gasteiger partial charge is 0.319 e. The number of anilines is 1. The van der Waals surface area contributed by atoms with E-state index in [0.717, 1.165) is 12.8 Å². The topological polar surface area (TPSA) is 97.3 Å². The zero-order chi connectivity index (χ0) is 18.9. The molecule has 1 saturated carbocycles. The standard InChI is InChI=1S/C18H23N3O4S/c1-21-11-10-12-13(17(21)22)6-5-8-14(12)19-18(23)20-15-7-3-4-9-16(15)26(2,24)25/h5-6,8,10-11,15-16H,3-4,7,9H2,1-2H3,(H2,19,20,23)/t15-,16-/m1/s1. The van der Waals surface area contributed by atoms with E-state index in [9.17, 15) is 18.0 Å². The molecule has 1 fully saturated rings. The third-order valence-electron chi connectivity index (χ3n) is 4.94. The fourth-order valence-corrected chi connectivity index (χ4v) is 4.98. The molecule has 140 valence electrons. The number of aryl methyl sites for hydroxylation is 1. The van der Waals surface area contributed by atoms with Gasteiger partial charge in [-0.1, -0.05) is 18.9 Å². The Labute approximate surface area is 152 Å². The number of hydrogen-bond donors (Lipinski definition) is 2. The summed E-state index contributed by atoms with van der Waals surface area (Å²) in [5, 5.41) is 6.17. The Hall–Kier alpha value is -2.35. The fourth-order valence-electron chi connectivity index (χ4n) is 3.59. The molecule has 0 radical (unpaired) electrons. The van der Waals surface area contributed by atoms with Crippen LogP contribution in [0.1, 0.15) is 25.7 Å². The average Bonchev–Trinajstić information content (AvgIpc) is 2.58. The number of sulfone groups is 1. The van der Waals surface area contributed by atoms with E-state index in [1.807, 2.05) is 0 Å². The maximum absolute atomic E-state index is 12.4. The molecule has 1 aromatic heterocycles. The number of amides is 2. The fraction of sp³-hybridized carbons (Fsp3) is 0.444. The van der Waals surface area contributed by atoms with E-state index < -0.39 is 27.2 Å². The van der Waals surface area contributed by atoms with Crippen molar-refractivity contribution in [2.45, 2.75) is 37.0 Å². The van der Waals surface area contributed by atoms with Gasteiger partial charge in [0.25, 0.3) is 5.56 Å². The third-order valence-corrected chi connectivity index (χ3v) is 6.60. The molecule has 0 aliphatic heterocycles. The molecular weight excluding hydrogens is 354 g/mol. The maximum Gasteiger partial charge on any atom is 0.319 e. The van der Waals surface area contributed by atoms with Crippen molar-refractivity contribution in [2.24, 2.45) is 7.05 Å². The van der Waals surface area contributed by atoms with E-state index in [4.69, 9.17) is 0 Å². The summed E-state index contributed by atoms with van der Waals surface area (Å²) in [6.45, 7) is 0. The van der Waals surface area contributed by atoms with Gasteiger partial charge in [-0.05, 0) is 31.0 Å². The summed E-state index contributed by atoms with van der Waals surface area (Å²) in [4.78, 5) is 24.7. The Morgan fingerprint density at radius 1 is 1.15 bits per heavy atom. The number of carbonyl (C=O) groups is 1. The highest BCUT2D eigenvalue weighted by atomic mass is 32.2. The molecule has 26 heavy (non-hydrogen) atoms. The van der Waals surface area contributed by atoms with Gasteiger partial charge in [-0.25, -0.2) is 13.2 Å². The Morgan fingerprint density at radius 2 is 1.88 bits per heavy atom. The number of aromatic nitrogens is 1. The number of hydrogen-bond acceptors (Lipinski definition) is 4. The minimum Gasteiger partial charge on any atom is -0.334 e. The average molecular weight is 377 g/mol. The van der Waals surface area contributed by atoms with Crippen LogP contribution in [0.5, 0.6) is 0 Å². The van der Waals surface area contributed by atoms with Crippen LogP contribution in [-0.4, -0.2) is 36.6 Å². The molecule has 1 aromatic carbocycles. The summed E-state index contributed by atoms with van der Waals surface area (Å²) >= 11 is 0. The zero-order valence-electron chi connectivity index (χ0n) is 14.9. The minimum absolute atomic E-state index is 0.143. The summed E-state index contributed by atoms with van der Waals surface area (Å²) in [5.74, 6) is 0. The van der Waals surface area contributed by atoms with Crippen LogP contribution in [0.4, 0.5) is 10.5 Å². The number of fused-ring (bicyclic) bond motifs is 1. The van der Waals surface area contributed by atoms with Gasteiger partial charge >= 0.3 is 6.03 Å². The summed E-state index contributed by atoms with van der Waals surface area (Å²) in [6.07, 6.45) is 5.81. The molecule has 1 aliphatic carbocycles. The highest BCUT2D eigenvalue weighted by molar-refractivity contribution is 7.91. The van der Waals surface area contributed by atoms with Crippen LogP contribution in [-0.2, 0) is 16.9 Å². The van der Waals surface area contributed by atoms with Gasteiger partial charge in [0, 0.05) is 36.3 Å². The number of rotatable bonds is 3. The first kappa shape index (κ1) is 18.4. The highest BCUT2D eigenvalue weighted by Crippen LogP contribution is 2.25. The Balaban J connectivity index is 1.81. The second-order valence-corrected chi connectivity index (χ2v) is 9.12. The number of nitrogens with one attached hydrogen (secondary N) is 2. The summed E-state index contributed by atoms with van der Waals surface area (Å²) in [7, 11) is -1.56. The normalized spacial score (nSPS) is 20.7. The van der Waals surface area contributed by atoms with Crippen LogP contribution < -0.4 is 16.2 Å². The van der Waals surface area contributed by atoms with Gasteiger partial charge in [0.1, 0.15) is 0 Å². The molecule has 2 amide bonds. The molecule has 2 atom stereocenters. The quantitative estimate of drug-likeness (QED) is 0.855. The number of benzene rings is 1. The van der Waals surface area contributed by atoms with Gasteiger partial charge in [0.15, 0.2) is 9.84 Å². The van der Waals surface area contributed by atoms with Crippen LogP contribution in [0.3, 0.4) is 0 Å². The molecule has 2 aromatic rings. The van der Waals surface area contributed by atoms with Gasteiger partial charge in [0.2, 0.25) is 0 Å². The highest BCUT2D eigenvalue weighted by Gasteiger charge is 2.33. The summed E-state index contributed by atoms with van der Waals surface area (Å²) in [5.41, 5.74) is 0.375. The molecule has 7 nitrogen and oxygen atoms in total. The van der Waals surface area contributed by atoms with E-state index in [0.29, 0.717) is 29.3 Å². The molecule has 3 rings (SSSR count). The largest absolute Gasteiger partial charge is 0.334 e. The molecule has 1 aliphatic rings. The monoisotopic (exact) mass is 377 g/mol. The molecule has 0 unspecified atom stereocenters. The van der Waals surface area contributed by atoms with E-state index in [-0.39, 0.29) is 5.56 Å². The summed E-state index contributed by atoms with van der Waals surface area (Å²) in [6, 6.07) is 6.05. The first-order valence-corrected chi connectivity index (χ1v) is 10.6.